The van der Waals surface area contributed by atoms with Crippen molar-refractivity contribution in [3.63, 3.8) is 0 Å². The molecule has 0 aliphatic carbocycles. The van der Waals surface area contributed by atoms with Crippen molar-refractivity contribution in [2.75, 3.05) is 37.2 Å². The molecule has 5 rings (SSSR count). The molecule has 8 heteroatoms. The van der Waals surface area contributed by atoms with Gasteiger partial charge >= 0.3 is 0 Å². The van der Waals surface area contributed by atoms with Gasteiger partial charge in [-0.2, -0.15) is 4.98 Å². The highest BCUT2D eigenvalue weighted by molar-refractivity contribution is 7.13. The molecule has 1 fully saturated rings. The van der Waals surface area contributed by atoms with Gasteiger partial charge in [0.25, 0.3) is 0 Å². The van der Waals surface area contributed by atoms with Crippen LogP contribution in [0.2, 0.25) is 0 Å². The third kappa shape index (κ3) is 3.56. The Morgan fingerprint density at radius 3 is 2.62 bits per heavy atom. The van der Waals surface area contributed by atoms with Gasteiger partial charge in [0.2, 0.25) is 5.95 Å². The summed E-state index contributed by atoms with van der Waals surface area (Å²) in [5.74, 6) is 1.15. The molecule has 0 spiro atoms. The Labute approximate surface area is 173 Å². The summed E-state index contributed by atoms with van der Waals surface area (Å²) in [6.45, 7) is 4.17. The van der Waals surface area contributed by atoms with E-state index in [0.29, 0.717) is 17.4 Å². The van der Waals surface area contributed by atoms with Gasteiger partial charge in [0.05, 0.1) is 21.6 Å². The van der Waals surface area contributed by atoms with Crippen molar-refractivity contribution in [2.24, 2.45) is 0 Å². The molecule has 0 amide bonds. The molecule has 3 aromatic heterocycles. The predicted molar refractivity (Wildman–Crippen MR) is 119 cm³/mol. The van der Waals surface area contributed by atoms with E-state index in [4.69, 9.17) is 15.8 Å². The van der Waals surface area contributed by atoms with Crippen molar-refractivity contribution in [1.29, 1.82) is 0 Å². The van der Waals surface area contributed by atoms with Crippen molar-refractivity contribution in [3.05, 3.63) is 47.8 Å². The maximum Gasteiger partial charge on any atom is 0.225 e. The molecule has 0 atom stereocenters. The van der Waals surface area contributed by atoms with E-state index in [-0.39, 0.29) is 0 Å². The molecule has 148 valence electrons. The number of thiophene rings is 1. The maximum atomic E-state index is 6.51. The molecule has 0 unspecified atom stereocenters. The summed E-state index contributed by atoms with van der Waals surface area (Å²) < 4.78 is 1.74. The minimum atomic E-state index is 0.554. The van der Waals surface area contributed by atoms with Gasteiger partial charge in [-0.1, -0.05) is 24.3 Å². The lowest BCUT2D eigenvalue weighted by molar-refractivity contribution is 0.352. The summed E-state index contributed by atoms with van der Waals surface area (Å²) >= 11 is 1.64. The van der Waals surface area contributed by atoms with E-state index < -0.39 is 0 Å². The van der Waals surface area contributed by atoms with Crippen molar-refractivity contribution >= 4 is 34.1 Å². The highest BCUT2D eigenvalue weighted by Crippen LogP contribution is 2.34. The molecule has 29 heavy (non-hydrogen) atoms. The number of fused-ring (bicyclic) bond motifs is 1. The summed E-state index contributed by atoms with van der Waals surface area (Å²) in [5.41, 5.74) is 8.85. The van der Waals surface area contributed by atoms with Crippen LogP contribution in [0, 0.1) is 0 Å². The first-order valence-corrected chi connectivity index (χ1v) is 10.8. The normalized spacial score (nSPS) is 14.6. The van der Waals surface area contributed by atoms with Gasteiger partial charge in [-0.3, -0.25) is 0 Å². The molecular weight excluding hydrogens is 382 g/mol. The molecular formula is C21H23N7S. The zero-order valence-electron chi connectivity index (χ0n) is 16.1. The van der Waals surface area contributed by atoms with E-state index in [1.807, 2.05) is 41.8 Å². The Hall–Kier alpha value is -2.97. The molecule has 0 bridgehead atoms. The number of para-hydroxylation sites is 1. The molecule has 1 aliphatic heterocycles. The van der Waals surface area contributed by atoms with Crippen LogP contribution in [0.5, 0.6) is 0 Å². The van der Waals surface area contributed by atoms with E-state index in [9.17, 15) is 0 Å². The van der Waals surface area contributed by atoms with Gasteiger partial charge in [-0.05, 0) is 49.5 Å². The first-order valence-electron chi connectivity index (χ1n) is 9.91. The van der Waals surface area contributed by atoms with Crippen LogP contribution in [0.4, 0.5) is 11.8 Å². The largest absolute Gasteiger partial charge is 0.383 e. The molecule has 0 radical (unpaired) electrons. The quantitative estimate of drug-likeness (QED) is 0.509. The van der Waals surface area contributed by atoms with E-state index in [0.717, 1.165) is 34.7 Å². The van der Waals surface area contributed by atoms with Gasteiger partial charge < -0.3 is 16.0 Å². The number of hydrogen-bond donors (Lipinski definition) is 2. The molecule has 1 aromatic carbocycles. The van der Waals surface area contributed by atoms with Crippen LogP contribution in [-0.2, 0) is 0 Å². The monoisotopic (exact) mass is 405 g/mol. The van der Waals surface area contributed by atoms with Crippen LogP contribution in [0.3, 0.4) is 0 Å². The number of hydrogen-bond acceptors (Lipinski definition) is 7. The minimum Gasteiger partial charge on any atom is -0.383 e. The van der Waals surface area contributed by atoms with Crippen LogP contribution in [-0.4, -0.2) is 50.8 Å². The Bertz CT molecular complexity index is 1100. The fraction of sp³-hybridized carbons (Fsp3) is 0.286. The summed E-state index contributed by atoms with van der Waals surface area (Å²) in [7, 11) is 0. The molecule has 4 aromatic rings. The second kappa shape index (κ2) is 7.81. The number of anilines is 2. The van der Waals surface area contributed by atoms with Crippen LogP contribution in [0.15, 0.2) is 47.8 Å². The van der Waals surface area contributed by atoms with Crippen molar-refractivity contribution < 1.29 is 0 Å². The maximum absolute atomic E-state index is 6.51. The van der Waals surface area contributed by atoms with Crippen LogP contribution in [0.1, 0.15) is 12.8 Å². The Morgan fingerprint density at radius 2 is 1.86 bits per heavy atom. The molecule has 0 saturated carbocycles. The zero-order valence-corrected chi connectivity index (χ0v) is 16.9. The number of nitrogens with zero attached hydrogens (tertiary/aromatic N) is 5. The fourth-order valence-electron chi connectivity index (χ4n) is 3.78. The van der Waals surface area contributed by atoms with Crippen molar-refractivity contribution in [2.45, 2.75) is 12.8 Å². The Balaban J connectivity index is 1.53. The minimum absolute atomic E-state index is 0.554. The number of likely N-dealkylation sites (tertiary alicyclic amines) is 1. The third-order valence-corrected chi connectivity index (χ3v) is 6.11. The molecule has 1 aliphatic rings. The predicted octanol–water partition coefficient (Wildman–Crippen LogP) is 3.63. The lowest BCUT2D eigenvalue weighted by Crippen LogP contribution is -2.26. The average molecular weight is 406 g/mol. The number of nitrogens with two attached hydrogens (primary N) is 1. The summed E-state index contributed by atoms with van der Waals surface area (Å²) in [6.07, 6.45) is 2.59. The Morgan fingerprint density at radius 1 is 1.03 bits per heavy atom. The van der Waals surface area contributed by atoms with E-state index >= 15 is 0 Å². The topological polar surface area (TPSA) is 84.9 Å². The van der Waals surface area contributed by atoms with Gasteiger partial charge in [0.1, 0.15) is 5.82 Å². The van der Waals surface area contributed by atoms with E-state index in [2.05, 4.69) is 21.3 Å². The zero-order chi connectivity index (χ0) is 19.6. The fourth-order valence-corrected chi connectivity index (χ4v) is 4.50. The number of nitrogens with one attached hydrogen (secondary N) is 1. The van der Waals surface area contributed by atoms with Crippen molar-refractivity contribution in [1.82, 2.24) is 24.6 Å². The molecule has 1 saturated heterocycles. The van der Waals surface area contributed by atoms with E-state index in [1.165, 1.54) is 25.9 Å². The number of rotatable bonds is 6. The van der Waals surface area contributed by atoms with Crippen molar-refractivity contribution in [3.8, 4) is 16.3 Å². The average Bonchev–Trinajstić information content (AvgIpc) is 3.50. The summed E-state index contributed by atoms with van der Waals surface area (Å²) in [6, 6.07) is 14.0. The first-order chi connectivity index (χ1) is 14.3. The number of benzene rings is 1. The third-order valence-electron chi connectivity index (χ3n) is 5.23. The lowest BCUT2D eigenvalue weighted by atomic mass is 10.2. The number of aromatic nitrogens is 4. The van der Waals surface area contributed by atoms with Gasteiger partial charge in [0, 0.05) is 13.1 Å². The van der Waals surface area contributed by atoms with Crippen LogP contribution < -0.4 is 11.1 Å². The van der Waals surface area contributed by atoms with Crippen LogP contribution in [0.25, 0.3) is 27.3 Å². The Kier molecular flexibility index (Phi) is 4.87. The summed E-state index contributed by atoms with van der Waals surface area (Å²) in [5, 5.41) is 10.9. The highest BCUT2D eigenvalue weighted by Gasteiger charge is 2.20. The molecule has 4 heterocycles. The van der Waals surface area contributed by atoms with E-state index in [1.54, 1.807) is 16.0 Å². The highest BCUT2D eigenvalue weighted by atomic mass is 32.1. The SMILES string of the molecule is Nc1c2c(-c3cccs3)nc(NCCN3CCCC3)nc2nn1-c1ccccc1. The van der Waals surface area contributed by atoms with Gasteiger partial charge in [0.15, 0.2) is 5.65 Å². The van der Waals surface area contributed by atoms with Gasteiger partial charge in [-0.15, -0.1) is 16.4 Å². The lowest BCUT2D eigenvalue weighted by Gasteiger charge is -2.14. The van der Waals surface area contributed by atoms with Crippen LogP contribution >= 0.6 is 11.3 Å². The first kappa shape index (κ1) is 18.1. The molecule has 7 nitrogen and oxygen atoms in total. The van der Waals surface area contributed by atoms with Gasteiger partial charge in [-0.25, -0.2) is 9.67 Å². The second-order valence-electron chi connectivity index (χ2n) is 7.18. The number of nitrogen functional groups attached to an aromatic ring is 1. The second-order valence-corrected chi connectivity index (χ2v) is 8.13. The molecule has 3 N–H and O–H groups in total. The summed E-state index contributed by atoms with van der Waals surface area (Å²) in [4.78, 5) is 13.0. The standard InChI is InChI=1S/C21H23N7S/c22-19-17-18(16-9-6-14-29-16)24-21(23-10-13-27-11-4-5-12-27)25-20(17)26-28(19)15-7-2-1-3-8-15/h1-3,6-9,14H,4-5,10-13,22H2,(H,23,25,26). The smallest absolute Gasteiger partial charge is 0.225 e.